The van der Waals surface area contributed by atoms with Gasteiger partial charge in [0.25, 0.3) is 0 Å². The Morgan fingerprint density at radius 1 is 1.32 bits per heavy atom. The van der Waals surface area contributed by atoms with Gasteiger partial charge in [-0.1, -0.05) is 0 Å². The molecule has 0 unspecified atom stereocenters. The highest BCUT2D eigenvalue weighted by Gasteiger charge is 2.26. The first kappa shape index (κ1) is 12.4. The van der Waals surface area contributed by atoms with E-state index in [0.717, 1.165) is 5.56 Å². The zero-order valence-corrected chi connectivity index (χ0v) is 11.2. The molecular formula is C15H16O4. The topological polar surface area (TPSA) is 59.7 Å². The summed E-state index contributed by atoms with van der Waals surface area (Å²) < 4.78 is 11.1. The molecular weight excluding hydrogens is 244 g/mol. The van der Waals surface area contributed by atoms with Gasteiger partial charge >= 0.3 is 0 Å². The lowest BCUT2D eigenvalue weighted by Crippen LogP contribution is -2.25. The van der Waals surface area contributed by atoms with E-state index in [4.69, 9.17) is 9.15 Å². The van der Waals surface area contributed by atoms with Gasteiger partial charge in [-0.25, -0.2) is 0 Å². The maximum absolute atomic E-state index is 12.5. The van der Waals surface area contributed by atoms with Crippen LogP contribution in [-0.4, -0.2) is 11.2 Å². The fourth-order valence-corrected chi connectivity index (χ4v) is 2.65. The van der Waals surface area contributed by atoms with Crippen molar-refractivity contribution in [3.63, 3.8) is 0 Å². The Kier molecular flexibility index (Phi) is 2.73. The molecule has 2 heterocycles. The van der Waals surface area contributed by atoms with E-state index in [1.807, 2.05) is 6.92 Å². The van der Waals surface area contributed by atoms with Crippen LogP contribution in [0.2, 0.25) is 0 Å². The van der Waals surface area contributed by atoms with Gasteiger partial charge in [-0.3, -0.25) is 4.79 Å². The van der Waals surface area contributed by atoms with Gasteiger partial charge in [0, 0.05) is 11.1 Å². The second-order valence-electron chi connectivity index (χ2n) is 5.12. The fraction of sp³-hybridized carbons (Fsp3) is 0.400. The quantitative estimate of drug-likeness (QED) is 0.790. The molecule has 0 aliphatic carbocycles. The van der Waals surface area contributed by atoms with Gasteiger partial charge in [-0.05, 0) is 44.9 Å². The molecule has 0 amide bonds. The molecule has 0 bridgehead atoms. The predicted octanol–water partition coefficient (Wildman–Crippen LogP) is 2.36. The summed E-state index contributed by atoms with van der Waals surface area (Å²) in [5.41, 5.74) is 2.70. The summed E-state index contributed by atoms with van der Waals surface area (Å²) in [6.45, 7) is 5.43. The minimum Gasteiger partial charge on any atom is -0.461 e. The van der Waals surface area contributed by atoms with E-state index in [-0.39, 0.29) is 11.5 Å². The standard InChI is InChI=1S/C15H16O4/c1-7-6-11-10(15(17)18-7)4-5-12-13(11)14(16)8(2)9(3)19-12/h4-5,7,15,17H,6H2,1-3H3/t7-,15+/m1/s1. The van der Waals surface area contributed by atoms with Crippen LogP contribution in [0.4, 0.5) is 0 Å². The lowest BCUT2D eigenvalue weighted by molar-refractivity contribution is -0.143. The molecule has 1 aliphatic rings. The second kappa shape index (κ2) is 4.18. The van der Waals surface area contributed by atoms with Gasteiger partial charge in [0.15, 0.2) is 11.7 Å². The zero-order valence-electron chi connectivity index (χ0n) is 11.2. The van der Waals surface area contributed by atoms with Crippen molar-refractivity contribution < 1.29 is 14.3 Å². The number of ether oxygens (including phenoxy) is 1. The van der Waals surface area contributed by atoms with Crippen LogP contribution in [0.3, 0.4) is 0 Å². The molecule has 2 aromatic rings. The van der Waals surface area contributed by atoms with E-state index in [1.54, 1.807) is 26.0 Å². The molecule has 1 aliphatic heterocycles. The molecule has 4 heteroatoms. The third-order valence-corrected chi connectivity index (χ3v) is 3.79. The maximum atomic E-state index is 12.5. The summed E-state index contributed by atoms with van der Waals surface area (Å²) in [5, 5.41) is 10.5. The van der Waals surface area contributed by atoms with Gasteiger partial charge in [0.2, 0.25) is 0 Å². The molecule has 1 N–H and O–H groups in total. The van der Waals surface area contributed by atoms with Crippen molar-refractivity contribution in [3.8, 4) is 0 Å². The molecule has 1 aromatic heterocycles. The average Bonchev–Trinajstić information content (AvgIpc) is 2.35. The van der Waals surface area contributed by atoms with E-state index in [1.165, 1.54) is 0 Å². The van der Waals surface area contributed by atoms with Crippen molar-refractivity contribution in [1.82, 2.24) is 0 Å². The summed E-state index contributed by atoms with van der Waals surface area (Å²) in [7, 11) is 0. The van der Waals surface area contributed by atoms with E-state index in [0.29, 0.717) is 34.3 Å². The van der Waals surface area contributed by atoms with E-state index < -0.39 is 6.29 Å². The number of fused-ring (bicyclic) bond motifs is 3. The minimum atomic E-state index is -0.968. The smallest absolute Gasteiger partial charge is 0.196 e. The van der Waals surface area contributed by atoms with Crippen molar-refractivity contribution in [2.45, 2.75) is 39.6 Å². The molecule has 4 nitrogen and oxygen atoms in total. The van der Waals surface area contributed by atoms with Gasteiger partial charge in [-0.15, -0.1) is 0 Å². The summed E-state index contributed by atoms with van der Waals surface area (Å²) in [5.74, 6) is 0.637. The third-order valence-electron chi connectivity index (χ3n) is 3.79. The van der Waals surface area contributed by atoms with E-state index in [9.17, 15) is 9.90 Å². The highest BCUT2D eigenvalue weighted by molar-refractivity contribution is 5.82. The van der Waals surface area contributed by atoms with Crippen LogP contribution < -0.4 is 5.43 Å². The monoisotopic (exact) mass is 260 g/mol. The van der Waals surface area contributed by atoms with Crippen LogP contribution in [0.1, 0.15) is 35.7 Å². The van der Waals surface area contributed by atoms with Crippen molar-refractivity contribution in [2.75, 3.05) is 0 Å². The summed E-state index contributed by atoms with van der Waals surface area (Å²) in [6.07, 6.45) is -0.477. The number of benzene rings is 1. The first-order chi connectivity index (χ1) is 8.99. The van der Waals surface area contributed by atoms with Crippen molar-refractivity contribution in [2.24, 2.45) is 0 Å². The number of rotatable bonds is 0. The Labute approximate surface area is 110 Å². The Hall–Kier alpha value is -1.65. The summed E-state index contributed by atoms with van der Waals surface area (Å²) in [4.78, 5) is 12.5. The Morgan fingerprint density at radius 2 is 2.05 bits per heavy atom. The molecule has 0 saturated heterocycles. The van der Waals surface area contributed by atoms with Gasteiger partial charge < -0.3 is 14.3 Å². The van der Waals surface area contributed by atoms with Crippen molar-refractivity contribution >= 4 is 11.0 Å². The molecule has 3 rings (SSSR count). The van der Waals surface area contributed by atoms with Crippen LogP contribution in [-0.2, 0) is 11.2 Å². The molecule has 0 spiro atoms. The van der Waals surface area contributed by atoms with Gasteiger partial charge in [-0.2, -0.15) is 0 Å². The van der Waals surface area contributed by atoms with Gasteiger partial charge in [0.1, 0.15) is 11.3 Å². The maximum Gasteiger partial charge on any atom is 0.196 e. The first-order valence-electron chi connectivity index (χ1n) is 6.38. The number of aliphatic hydroxyl groups is 1. The number of hydrogen-bond donors (Lipinski definition) is 1. The molecule has 0 radical (unpaired) electrons. The molecule has 0 fully saturated rings. The number of aryl methyl sites for hydroxylation is 1. The number of aliphatic hydroxyl groups excluding tert-OH is 1. The molecule has 1 aromatic carbocycles. The molecule has 19 heavy (non-hydrogen) atoms. The largest absolute Gasteiger partial charge is 0.461 e. The highest BCUT2D eigenvalue weighted by atomic mass is 16.6. The average molecular weight is 260 g/mol. The lowest BCUT2D eigenvalue weighted by atomic mass is 9.93. The highest BCUT2D eigenvalue weighted by Crippen LogP contribution is 2.32. The Morgan fingerprint density at radius 3 is 2.79 bits per heavy atom. The predicted molar refractivity (Wildman–Crippen MR) is 71.2 cm³/mol. The minimum absolute atomic E-state index is 0.0168. The second-order valence-corrected chi connectivity index (χ2v) is 5.12. The van der Waals surface area contributed by atoms with Crippen LogP contribution in [0.15, 0.2) is 21.3 Å². The van der Waals surface area contributed by atoms with Crippen LogP contribution in [0.25, 0.3) is 11.0 Å². The van der Waals surface area contributed by atoms with Crippen molar-refractivity contribution in [3.05, 3.63) is 44.8 Å². The Bertz CT molecular complexity index is 714. The number of hydrogen-bond acceptors (Lipinski definition) is 4. The normalized spacial score (nSPS) is 22.5. The third kappa shape index (κ3) is 1.79. The first-order valence-corrected chi connectivity index (χ1v) is 6.38. The summed E-state index contributed by atoms with van der Waals surface area (Å²) >= 11 is 0. The van der Waals surface area contributed by atoms with E-state index >= 15 is 0 Å². The Balaban J connectivity index is 2.42. The fourth-order valence-electron chi connectivity index (χ4n) is 2.65. The van der Waals surface area contributed by atoms with Crippen LogP contribution >= 0.6 is 0 Å². The van der Waals surface area contributed by atoms with Crippen LogP contribution in [0, 0.1) is 13.8 Å². The zero-order chi connectivity index (χ0) is 13.7. The van der Waals surface area contributed by atoms with E-state index in [2.05, 4.69) is 0 Å². The molecule has 100 valence electrons. The SMILES string of the molecule is Cc1oc2ccc3c(c2c(=O)c1C)C[C@@H](C)O[C@@H]3O. The van der Waals surface area contributed by atoms with Gasteiger partial charge in [0.05, 0.1) is 11.5 Å². The molecule has 0 saturated carbocycles. The molecule has 2 atom stereocenters. The summed E-state index contributed by atoms with van der Waals surface area (Å²) in [6, 6.07) is 3.50. The van der Waals surface area contributed by atoms with Crippen LogP contribution in [0.5, 0.6) is 0 Å². The van der Waals surface area contributed by atoms with Crippen molar-refractivity contribution in [1.29, 1.82) is 0 Å². The lowest BCUT2D eigenvalue weighted by Gasteiger charge is -2.27.